The number of hydrogen-bond donors (Lipinski definition) is 1. The second-order valence-corrected chi connectivity index (χ2v) is 8.39. The van der Waals surface area contributed by atoms with E-state index < -0.39 is 0 Å². The standard InChI is InChI=1S/C23H30N2O4/c1-15-16(2)23(27)29-21-12-18(8-9-19(15)21)28-14-22(26)24-13-17-6-5-11-25-10-4-3-7-20(17)25/h8-9,12,17,20H,3-7,10-11,13-14H2,1-2H3,(H,24,26)/t17-,20+/m0/s1. The lowest BCUT2D eigenvalue weighted by Crippen LogP contribution is -2.51. The van der Waals surface area contributed by atoms with Crippen molar-refractivity contribution in [3.63, 3.8) is 0 Å². The van der Waals surface area contributed by atoms with Gasteiger partial charge in [-0.3, -0.25) is 4.79 Å². The average Bonchev–Trinajstić information content (AvgIpc) is 2.74. The largest absolute Gasteiger partial charge is 0.484 e. The smallest absolute Gasteiger partial charge is 0.339 e. The molecule has 2 fully saturated rings. The first-order valence-electron chi connectivity index (χ1n) is 10.7. The number of ether oxygens (including phenoxy) is 1. The van der Waals surface area contributed by atoms with Crippen LogP contribution in [0.25, 0.3) is 11.0 Å². The molecular formula is C23H30N2O4. The zero-order chi connectivity index (χ0) is 20.4. The van der Waals surface area contributed by atoms with Crippen LogP contribution in [0.5, 0.6) is 5.75 Å². The number of amides is 1. The predicted octanol–water partition coefficient (Wildman–Crippen LogP) is 3.17. The third-order valence-electron chi connectivity index (χ3n) is 6.59. The molecule has 4 rings (SSSR count). The van der Waals surface area contributed by atoms with E-state index in [0.29, 0.717) is 35.4 Å². The number of aryl methyl sites for hydroxylation is 1. The van der Waals surface area contributed by atoms with Crippen LogP contribution in [0.1, 0.15) is 43.2 Å². The van der Waals surface area contributed by atoms with Gasteiger partial charge in [0.2, 0.25) is 0 Å². The SMILES string of the molecule is Cc1c(C)c2ccc(OCC(=O)NC[C@@H]3CCCN4CCCC[C@H]34)cc2oc1=O. The van der Waals surface area contributed by atoms with Crippen LogP contribution in [-0.4, -0.2) is 43.1 Å². The second-order valence-electron chi connectivity index (χ2n) is 8.39. The molecule has 6 heteroatoms. The van der Waals surface area contributed by atoms with E-state index in [1.165, 1.54) is 45.2 Å². The molecule has 0 spiro atoms. The van der Waals surface area contributed by atoms with Gasteiger partial charge in [-0.1, -0.05) is 6.42 Å². The highest BCUT2D eigenvalue weighted by molar-refractivity contribution is 5.82. The van der Waals surface area contributed by atoms with E-state index in [1.54, 1.807) is 13.0 Å². The van der Waals surface area contributed by atoms with E-state index in [4.69, 9.17) is 9.15 Å². The minimum atomic E-state index is -0.339. The highest BCUT2D eigenvalue weighted by atomic mass is 16.5. The van der Waals surface area contributed by atoms with E-state index in [1.807, 2.05) is 19.1 Å². The minimum Gasteiger partial charge on any atom is -0.484 e. The van der Waals surface area contributed by atoms with Crippen LogP contribution in [-0.2, 0) is 4.79 Å². The Bertz CT molecular complexity index is 950. The summed E-state index contributed by atoms with van der Waals surface area (Å²) >= 11 is 0. The van der Waals surface area contributed by atoms with E-state index in [9.17, 15) is 9.59 Å². The van der Waals surface area contributed by atoms with Gasteiger partial charge < -0.3 is 19.4 Å². The summed E-state index contributed by atoms with van der Waals surface area (Å²) in [6.07, 6.45) is 6.25. The lowest BCUT2D eigenvalue weighted by atomic mass is 9.83. The van der Waals surface area contributed by atoms with E-state index >= 15 is 0 Å². The Hall–Kier alpha value is -2.34. The maximum absolute atomic E-state index is 12.3. The van der Waals surface area contributed by atoms with Gasteiger partial charge in [0.25, 0.3) is 5.91 Å². The first kappa shape index (κ1) is 20.0. The molecule has 0 aliphatic carbocycles. The van der Waals surface area contributed by atoms with Gasteiger partial charge in [-0.05, 0) is 76.2 Å². The third-order valence-corrected chi connectivity index (χ3v) is 6.59. The molecule has 6 nitrogen and oxygen atoms in total. The summed E-state index contributed by atoms with van der Waals surface area (Å²) in [5, 5.41) is 3.94. The quantitative estimate of drug-likeness (QED) is 0.784. The summed E-state index contributed by atoms with van der Waals surface area (Å²) in [4.78, 5) is 26.8. The first-order valence-corrected chi connectivity index (χ1v) is 10.7. The van der Waals surface area contributed by atoms with Gasteiger partial charge in [0.15, 0.2) is 6.61 Å². The summed E-state index contributed by atoms with van der Waals surface area (Å²) in [5.74, 6) is 0.948. The number of carbonyl (C=O) groups is 1. The molecule has 1 N–H and O–H groups in total. The lowest BCUT2D eigenvalue weighted by Gasteiger charge is -2.44. The Labute approximate surface area is 171 Å². The second kappa shape index (κ2) is 8.57. The summed E-state index contributed by atoms with van der Waals surface area (Å²) in [6, 6.07) is 5.97. The predicted molar refractivity (Wildman–Crippen MR) is 112 cm³/mol. The fraction of sp³-hybridized carbons (Fsp3) is 0.565. The molecule has 2 atom stereocenters. The molecule has 0 unspecified atom stereocenters. The Kier molecular flexibility index (Phi) is 5.90. The number of nitrogens with zero attached hydrogens (tertiary/aromatic N) is 1. The van der Waals surface area contributed by atoms with Crippen molar-refractivity contribution < 1.29 is 13.9 Å². The molecule has 29 heavy (non-hydrogen) atoms. The van der Waals surface area contributed by atoms with Gasteiger partial charge in [-0.2, -0.15) is 0 Å². The van der Waals surface area contributed by atoms with Crippen LogP contribution in [0.4, 0.5) is 0 Å². The van der Waals surface area contributed by atoms with Crippen LogP contribution in [0.3, 0.4) is 0 Å². The Balaban J connectivity index is 1.32. The van der Waals surface area contributed by atoms with Gasteiger partial charge in [0.1, 0.15) is 11.3 Å². The number of hydrogen-bond acceptors (Lipinski definition) is 5. The monoisotopic (exact) mass is 398 g/mol. The van der Waals surface area contributed by atoms with Crippen molar-refractivity contribution in [2.75, 3.05) is 26.2 Å². The molecule has 0 radical (unpaired) electrons. The molecule has 1 amide bonds. The fourth-order valence-electron chi connectivity index (χ4n) is 4.78. The van der Waals surface area contributed by atoms with Gasteiger partial charge in [0.05, 0.1) is 0 Å². The molecule has 0 bridgehead atoms. The van der Waals surface area contributed by atoms with Crippen molar-refractivity contribution in [3.05, 3.63) is 39.7 Å². The molecule has 156 valence electrons. The molecule has 2 aliphatic rings. The molecule has 2 saturated heterocycles. The highest BCUT2D eigenvalue weighted by Gasteiger charge is 2.32. The summed E-state index contributed by atoms with van der Waals surface area (Å²) in [7, 11) is 0. The molecule has 3 heterocycles. The van der Waals surface area contributed by atoms with E-state index in [-0.39, 0.29) is 18.1 Å². The first-order chi connectivity index (χ1) is 14.0. The van der Waals surface area contributed by atoms with Gasteiger partial charge in [-0.15, -0.1) is 0 Å². The zero-order valence-corrected chi connectivity index (χ0v) is 17.3. The van der Waals surface area contributed by atoms with Gasteiger partial charge in [-0.25, -0.2) is 4.79 Å². The third kappa shape index (κ3) is 4.32. The van der Waals surface area contributed by atoms with Crippen LogP contribution in [0, 0.1) is 19.8 Å². The van der Waals surface area contributed by atoms with Crippen molar-refractivity contribution in [1.29, 1.82) is 0 Å². The van der Waals surface area contributed by atoms with E-state index in [0.717, 1.165) is 10.9 Å². The van der Waals surface area contributed by atoms with Crippen LogP contribution >= 0.6 is 0 Å². The average molecular weight is 399 g/mol. The number of nitrogens with one attached hydrogen (secondary N) is 1. The number of benzene rings is 1. The molecule has 0 saturated carbocycles. The molecule has 2 aromatic rings. The van der Waals surface area contributed by atoms with Crippen molar-refractivity contribution in [3.8, 4) is 5.75 Å². The summed E-state index contributed by atoms with van der Waals surface area (Å²) in [6.45, 7) is 6.75. The number of piperidine rings is 2. The number of carbonyl (C=O) groups excluding carboxylic acids is 1. The fourth-order valence-corrected chi connectivity index (χ4v) is 4.78. The molecule has 2 aliphatic heterocycles. The molecule has 1 aromatic heterocycles. The lowest BCUT2D eigenvalue weighted by molar-refractivity contribution is -0.123. The summed E-state index contributed by atoms with van der Waals surface area (Å²) < 4.78 is 11.0. The normalized spacial score (nSPS) is 22.3. The van der Waals surface area contributed by atoms with Crippen molar-refractivity contribution in [2.24, 2.45) is 5.92 Å². The minimum absolute atomic E-state index is 0.0400. The van der Waals surface area contributed by atoms with Crippen molar-refractivity contribution >= 4 is 16.9 Å². The zero-order valence-electron chi connectivity index (χ0n) is 17.3. The molecule has 1 aromatic carbocycles. The number of fused-ring (bicyclic) bond motifs is 2. The Morgan fingerprint density at radius 2 is 2.00 bits per heavy atom. The van der Waals surface area contributed by atoms with Crippen molar-refractivity contribution in [2.45, 2.75) is 52.0 Å². The highest BCUT2D eigenvalue weighted by Crippen LogP contribution is 2.30. The van der Waals surface area contributed by atoms with Crippen LogP contribution in [0.2, 0.25) is 0 Å². The van der Waals surface area contributed by atoms with Gasteiger partial charge >= 0.3 is 5.63 Å². The topological polar surface area (TPSA) is 71.8 Å². The Morgan fingerprint density at radius 1 is 1.17 bits per heavy atom. The number of rotatable bonds is 5. The van der Waals surface area contributed by atoms with E-state index in [2.05, 4.69) is 10.2 Å². The van der Waals surface area contributed by atoms with Crippen LogP contribution in [0.15, 0.2) is 27.4 Å². The molecular weight excluding hydrogens is 368 g/mol. The van der Waals surface area contributed by atoms with Gasteiger partial charge in [0, 0.05) is 29.6 Å². The maximum Gasteiger partial charge on any atom is 0.339 e. The maximum atomic E-state index is 12.3. The van der Waals surface area contributed by atoms with Crippen molar-refractivity contribution in [1.82, 2.24) is 10.2 Å². The Morgan fingerprint density at radius 3 is 2.86 bits per heavy atom. The van der Waals surface area contributed by atoms with Crippen LogP contribution < -0.4 is 15.7 Å². The summed E-state index contributed by atoms with van der Waals surface area (Å²) in [5.41, 5.74) is 1.67.